The maximum absolute atomic E-state index is 9.62. The van der Waals surface area contributed by atoms with E-state index in [1.807, 2.05) is 38.1 Å². The normalized spacial score (nSPS) is 19.9. The van der Waals surface area contributed by atoms with Gasteiger partial charge in [0.15, 0.2) is 0 Å². The van der Waals surface area contributed by atoms with Gasteiger partial charge in [0.2, 0.25) is 0 Å². The number of aromatic hydroxyl groups is 2. The van der Waals surface area contributed by atoms with Crippen molar-refractivity contribution in [2.45, 2.75) is 45.3 Å². The maximum Gasteiger partial charge on any atom is 0.118 e. The number of hydrogen-bond donors (Lipinski definition) is 2. The molecule has 2 aliphatic heterocycles. The second-order valence-corrected chi connectivity index (χ2v) is 7.50. The number of epoxide rings is 2. The molecule has 0 bridgehead atoms. The van der Waals surface area contributed by atoms with Gasteiger partial charge in [0.1, 0.15) is 23.7 Å². The van der Waals surface area contributed by atoms with Crippen LogP contribution in [0.5, 0.6) is 11.5 Å². The number of hydrogen-bond acceptors (Lipinski definition) is 5. The topological polar surface area (TPSA) is 74.8 Å². The van der Waals surface area contributed by atoms with Crippen LogP contribution in [-0.2, 0) is 14.2 Å². The van der Waals surface area contributed by atoms with Crippen LogP contribution in [-0.4, -0.2) is 48.8 Å². The number of phenolic OH excluding ortho intramolecular Hbond substituents is 2. The third-order valence-electron chi connectivity index (χ3n) is 5.07. The predicted molar refractivity (Wildman–Crippen MR) is 108 cm³/mol. The predicted octanol–water partition coefficient (Wildman–Crippen LogP) is 4.06. The minimum absolute atomic E-state index is 0.290. The number of benzene rings is 2. The molecule has 0 saturated carbocycles. The van der Waals surface area contributed by atoms with Crippen LogP contribution in [0.25, 0.3) is 0 Å². The molecule has 0 amide bonds. The Labute approximate surface area is 166 Å². The number of phenols is 2. The van der Waals surface area contributed by atoms with E-state index in [1.54, 1.807) is 12.1 Å². The van der Waals surface area contributed by atoms with Gasteiger partial charge in [-0.05, 0) is 54.7 Å². The van der Waals surface area contributed by atoms with Crippen LogP contribution in [0.1, 0.15) is 41.5 Å². The number of aryl methyl sites for hydroxylation is 2. The zero-order valence-electron chi connectivity index (χ0n) is 16.9. The molecule has 2 atom stereocenters. The van der Waals surface area contributed by atoms with E-state index in [0.717, 1.165) is 44.0 Å². The molecule has 0 radical (unpaired) electrons. The highest BCUT2D eigenvalue weighted by Gasteiger charge is 2.26. The lowest BCUT2D eigenvalue weighted by atomic mass is 9.87. The van der Waals surface area contributed by atoms with Crippen LogP contribution in [0, 0.1) is 13.8 Å². The molecule has 2 N–H and O–H groups in total. The van der Waals surface area contributed by atoms with Crippen molar-refractivity contribution < 1.29 is 24.4 Å². The van der Waals surface area contributed by atoms with Gasteiger partial charge in [0.05, 0.1) is 26.4 Å². The summed E-state index contributed by atoms with van der Waals surface area (Å²) in [6, 6.07) is 11.5. The molecule has 2 saturated heterocycles. The number of rotatable bonds is 7. The zero-order valence-corrected chi connectivity index (χ0v) is 16.9. The molecule has 0 aliphatic carbocycles. The van der Waals surface area contributed by atoms with E-state index in [1.165, 1.54) is 11.1 Å². The molecule has 5 nitrogen and oxygen atoms in total. The monoisotopic (exact) mass is 386 g/mol. The molecular formula is C23H30O5. The molecule has 4 rings (SSSR count). The van der Waals surface area contributed by atoms with Gasteiger partial charge in [-0.3, -0.25) is 0 Å². The lowest BCUT2D eigenvalue weighted by Gasteiger charge is -2.18. The molecule has 152 valence electrons. The highest BCUT2D eigenvalue weighted by molar-refractivity contribution is 5.43. The third kappa shape index (κ3) is 5.96. The molecule has 0 spiro atoms. The Morgan fingerprint density at radius 3 is 1.64 bits per heavy atom. The van der Waals surface area contributed by atoms with E-state index in [9.17, 15) is 10.2 Å². The Hall–Kier alpha value is -2.08. The van der Waals surface area contributed by atoms with E-state index >= 15 is 0 Å². The van der Waals surface area contributed by atoms with Crippen molar-refractivity contribution in [1.29, 1.82) is 0 Å². The summed E-state index contributed by atoms with van der Waals surface area (Å²) in [6.45, 7) is 9.23. The minimum atomic E-state index is 0.290. The third-order valence-corrected chi connectivity index (χ3v) is 5.07. The minimum Gasteiger partial charge on any atom is -0.508 e. The molecule has 2 unspecified atom stereocenters. The second-order valence-electron chi connectivity index (χ2n) is 7.50. The largest absolute Gasteiger partial charge is 0.508 e. The highest BCUT2D eigenvalue weighted by Crippen LogP contribution is 2.32. The van der Waals surface area contributed by atoms with Gasteiger partial charge in [0.25, 0.3) is 0 Å². The Morgan fingerprint density at radius 2 is 1.32 bits per heavy atom. The fraction of sp³-hybridized carbons (Fsp3) is 0.478. The van der Waals surface area contributed by atoms with Crippen LogP contribution >= 0.6 is 0 Å². The summed E-state index contributed by atoms with van der Waals surface area (Å²) >= 11 is 0. The first kappa shape index (κ1) is 20.6. The van der Waals surface area contributed by atoms with Crippen molar-refractivity contribution in [1.82, 2.24) is 0 Å². The van der Waals surface area contributed by atoms with Crippen molar-refractivity contribution in [3.8, 4) is 11.5 Å². The van der Waals surface area contributed by atoms with Gasteiger partial charge < -0.3 is 24.4 Å². The average molecular weight is 386 g/mol. The first-order chi connectivity index (χ1) is 13.5. The first-order valence-corrected chi connectivity index (χ1v) is 9.88. The van der Waals surface area contributed by atoms with Gasteiger partial charge in [-0.25, -0.2) is 0 Å². The molecule has 2 aromatic rings. The summed E-state index contributed by atoms with van der Waals surface area (Å²) in [7, 11) is 0. The van der Waals surface area contributed by atoms with Crippen LogP contribution in [0.3, 0.4) is 0 Å². The van der Waals surface area contributed by atoms with Crippen molar-refractivity contribution in [3.63, 3.8) is 0 Å². The molecular weight excluding hydrogens is 356 g/mol. The highest BCUT2D eigenvalue weighted by atomic mass is 16.6. The Bertz CT molecular complexity index is 717. The molecule has 5 heteroatoms. The molecule has 28 heavy (non-hydrogen) atoms. The van der Waals surface area contributed by atoms with Gasteiger partial charge in [0, 0.05) is 5.92 Å². The fourth-order valence-electron chi connectivity index (χ4n) is 3.11. The lowest BCUT2D eigenvalue weighted by molar-refractivity contribution is 0.102. The van der Waals surface area contributed by atoms with Crippen LogP contribution in [0.2, 0.25) is 0 Å². The Kier molecular flexibility index (Phi) is 6.94. The molecule has 2 aromatic carbocycles. The van der Waals surface area contributed by atoms with Crippen LogP contribution in [0.4, 0.5) is 0 Å². The second kappa shape index (κ2) is 9.41. The van der Waals surface area contributed by atoms with E-state index in [2.05, 4.69) is 6.92 Å². The van der Waals surface area contributed by atoms with Gasteiger partial charge in [-0.1, -0.05) is 31.2 Å². The van der Waals surface area contributed by atoms with E-state index in [0.29, 0.717) is 29.6 Å². The molecule has 2 heterocycles. The van der Waals surface area contributed by atoms with E-state index < -0.39 is 0 Å². The van der Waals surface area contributed by atoms with Gasteiger partial charge >= 0.3 is 0 Å². The van der Waals surface area contributed by atoms with Crippen molar-refractivity contribution in [2.75, 3.05) is 26.4 Å². The molecule has 2 aliphatic rings. The zero-order chi connectivity index (χ0) is 20.1. The summed E-state index contributed by atoms with van der Waals surface area (Å²) in [5.41, 5.74) is 4.18. The van der Waals surface area contributed by atoms with E-state index in [4.69, 9.17) is 14.2 Å². The fourth-order valence-corrected chi connectivity index (χ4v) is 3.11. The van der Waals surface area contributed by atoms with Crippen LogP contribution < -0.4 is 0 Å². The Morgan fingerprint density at radius 1 is 0.893 bits per heavy atom. The summed E-state index contributed by atoms with van der Waals surface area (Å²) in [6.07, 6.45) is 1.77. The standard InChI is InChI=1S/C17H20O2.C6H10O3/c1-4-15(13-5-7-16(18)11(2)9-13)14-6-8-17(19)12(3)10-14;1(5-3-8-5)7-2-6-4-9-6/h5-10,15,18-19H,4H2,1-3H3;5-6H,1-4H2. The van der Waals surface area contributed by atoms with Gasteiger partial charge in [-0.2, -0.15) is 0 Å². The molecule has 2 fully saturated rings. The van der Waals surface area contributed by atoms with Crippen molar-refractivity contribution in [3.05, 3.63) is 58.7 Å². The van der Waals surface area contributed by atoms with Crippen molar-refractivity contribution in [2.24, 2.45) is 0 Å². The Balaban J connectivity index is 0.000000206. The van der Waals surface area contributed by atoms with E-state index in [-0.39, 0.29) is 0 Å². The quantitative estimate of drug-likeness (QED) is 0.702. The van der Waals surface area contributed by atoms with Gasteiger partial charge in [-0.15, -0.1) is 0 Å². The summed E-state index contributed by atoms with van der Waals surface area (Å²) < 4.78 is 15.1. The molecule has 0 aromatic heterocycles. The maximum atomic E-state index is 9.62. The summed E-state index contributed by atoms with van der Waals surface area (Å²) in [5.74, 6) is 0.958. The summed E-state index contributed by atoms with van der Waals surface area (Å²) in [4.78, 5) is 0. The van der Waals surface area contributed by atoms with Crippen molar-refractivity contribution >= 4 is 0 Å². The SMILES string of the molecule is C(OCC1CO1)C1CO1.CCC(c1ccc(O)c(C)c1)c1ccc(O)c(C)c1. The first-order valence-electron chi connectivity index (χ1n) is 9.88. The summed E-state index contributed by atoms with van der Waals surface area (Å²) in [5, 5.41) is 19.2. The average Bonchev–Trinajstić information content (AvgIpc) is 3.58. The van der Waals surface area contributed by atoms with Crippen LogP contribution in [0.15, 0.2) is 36.4 Å². The number of ether oxygens (including phenoxy) is 3. The lowest BCUT2D eigenvalue weighted by Crippen LogP contribution is -2.06. The smallest absolute Gasteiger partial charge is 0.118 e.